The lowest BCUT2D eigenvalue weighted by atomic mass is 9.89. The molecule has 1 aliphatic rings. The van der Waals surface area contributed by atoms with E-state index in [9.17, 15) is 12.8 Å². The average Bonchev–Trinajstić information content (AvgIpc) is 2.48. The van der Waals surface area contributed by atoms with E-state index in [0.717, 1.165) is 31.7 Å². The molecular formula is C15H22FNO3S. The Morgan fingerprint density at radius 3 is 2.57 bits per heavy atom. The number of sulfonamides is 1. The Morgan fingerprint density at radius 2 is 1.95 bits per heavy atom. The molecule has 0 atom stereocenters. The van der Waals surface area contributed by atoms with Crippen LogP contribution in [0, 0.1) is 11.7 Å². The van der Waals surface area contributed by atoms with E-state index in [0.29, 0.717) is 18.0 Å². The first-order valence-electron chi connectivity index (χ1n) is 7.31. The highest BCUT2D eigenvalue weighted by Gasteiger charge is 2.27. The Bertz CT molecular complexity index is 583. The van der Waals surface area contributed by atoms with Crippen LogP contribution in [-0.2, 0) is 16.6 Å². The third-order valence-electron chi connectivity index (χ3n) is 4.11. The van der Waals surface area contributed by atoms with Gasteiger partial charge in [-0.05, 0) is 36.5 Å². The zero-order valence-electron chi connectivity index (χ0n) is 12.3. The third-order valence-corrected chi connectivity index (χ3v) is 5.94. The van der Waals surface area contributed by atoms with Gasteiger partial charge in [-0.2, -0.15) is 0 Å². The monoisotopic (exact) mass is 315 g/mol. The van der Waals surface area contributed by atoms with E-state index in [2.05, 4.69) is 0 Å². The second-order valence-corrected chi connectivity index (χ2v) is 7.73. The zero-order chi connectivity index (χ0) is 15.5. The summed E-state index contributed by atoms with van der Waals surface area (Å²) in [6.07, 6.45) is 5.53. The number of aliphatic hydroxyl groups is 1. The van der Waals surface area contributed by atoms with Gasteiger partial charge in [0.2, 0.25) is 10.0 Å². The summed E-state index contributed by atoms with van der Waals surface area (Å²) in [7, 11) is -2.36. The Morgan fingerprint density at radius 1 is 1.29 bits per heavy atom. The van der Waals surface area contributed by atoms with E-state index >= 15 is 0 Å². The van der Waals surface area contributed by atoms with E-state index in [1.807, 2.05) is 0 Å². The molecule has 21 heavy (non-hydrogen) atoms. The molecule has 1 aliphatic carbocycles. The van der Waals surface area contributed by atoms with Crippen molar-refractivity contribution in [2.24, 2.45) is 5.92 Å². The number of halogens is 1. The van der Waals surface area contributed by atoms with Crippen molar-refractivity contribution in [3.05, 3.63) is 29.6 Å². The molecule has 2 rings (SSSR count). The van der Waals surface area contributed by atoms with Crippen LogP contribution >= 0.6 is 0 Å². The minimum absolute atomic E-state index is 0.310. The van der Waals surface area contributed by atoms with Crippen LogP contribution in [0.15, 0.2) is 23.1 Å². The lowest BCUT2D eigenvalue weighted by molar-refractivity contribution is 0.281. The number of nitrogens with zero attached hydrogens (tertiary/aromatic N) is 1. The highest BCUT2D eigenvalue weighted by atomic mass is 32.2. The van der Waals surface area contributed by atoms with Gasteiger partial charge >= 0.3 is 0 Å². The van der Waals surface area contributed by atoms with Crippen molar-refractivity contribution in [2.75, 3.05) is 13.6 Å². The van der Waals surface area contributed by atoms with Crippen LogP contribution in [0.25, 0.3) is 0 Å². The molecule has 1 aromatic rings. The Balaban J connectivity index is 2.20. The molecule has 0 bridgehead atoms. The van der Waals surface area contributed by atoms with E-state index in [1.54, 1.807) is 0 Å². The molecule has 0 amide bonds. The number of benzene rings is 1. The van der Waals surface area contributed by atoms with Gasteiger partial charge in [0.25, 0.3) is 0 Å². The molecule has 0 aliphatic heterocycles. The van der Waals surface area contributed by atoms with Gasteiger partial charge in [0, 0.05) is 13.6 Å². The molecule has 0 saturated heterocycles. The standard InChI is InChI=1S/C15H22FNO3S/c1-17(10-12-5-3-2-4-6-12)21(19,20)15-9-13(11-18)7-8-14(15)16/h7-9,12,18H,2-6,10-11H2,1H3. The van der Waals surface area contributed by atoms with Gasteiger partial charge in [-0.15, -0.1) is 0 Å². The second-order valence-electron chi connectivity index (χ2n) is 5.71. The Labute approximate surface area is 125 Å². The number of aliphatic hydroxyl groups excluding tert-OH is 1. The summed E-state index contributed by atoms with van der Waals surface area (Å²) in [5.41, 5.74) is 0.390. The predicted octanol–water partition coefficient (Wildman–Crippen LogP) is 2.52. The second kappa shape index (κ2) is 6.85. The molecule has 0 aromatic heterocycles. The molecule has 118 valence electrons. The third kappa shape index (κ3) is 3.81. The van der Waals surface area contributed by atoms with Gasteiger partial charge in [-0.25, -0.2) is 17.1 Å². The fourth-order valence-electron chi connectivity index (χ4n) is 2.84. The average molecular weight is 315 g/mol. The summed E-state index contributed by atoms with van der Waals surface area (Å²) < 4.78 is 40.1. The fourth-order valence-corrected chi connectivity index (χ4v) is 4.20. The SMILES string of the molecule is CN(CC1CCCCC1)S(=O)(=O)c1cc(CO)ccc1F. The van der Waals surface area contributed by atoms with Crippen LogP contribution in [-0.4, -0.2) is 31.4 Å². The maximum absolute atomic E-state index is 13.9. The number of hydrogen-bond donors (Lipinski definition) is 1. The molecule has 1 fully saturated rings. The van der Waals surface area contributed by atoms with E-state index in [1.165, 1.54) is 29.9 Å². The molecule has 1 aromatic carbocycles. The van der Waals surface area contributed by atoms with Crippen molar-refractivity contribution < 1.29 is 17.9 Å². The molecule has 0 heterocycles. The van der Waals surface area contributed by atoms with Crippen LogP contribution in [0.5, 0.6) is 0 Å². The lowest BCUT2D eigenvalue weighted by Gasteiger charge is -2.26. The molecule has 0 spiro atoms. The van der Waals surface area contributed by atoms with Crippen molar-refractivity contribution in [3.8, 4) is 0 Å². The Kier molecular flexibility index (Phi) is 5.35. The van der Waals surface area contributed by atoms with Crippen LogP contribution in [0.1, 0.15) is 37.7 Å². The summed E-state index contributed by atoms with van der Waals surface area (Å²) in [4.78, 5) is -0.354. The largest absolute Gasteiger partial charge is 0.392 e. The van der Waals surface area contributed by atoms with Crippen LogP contribution in [0.3, 0.4) is 0 Å². The number of rotatable bonds is 5. The number of hydrogen-bond acceptors (Lipinski definition) is 3. The Hall–Kier alpha value is -0.980. The minimum atomic E-state index is -3.85. The summed E-state index contributed by atoms with van der Waals surface area (Å²) in [5.74, 6) is -0.426. The van der Waals surface area contributed by atoms with Crippen LogP contribution in [0.2, 0.25) is 0 Å². The molecule has 0 unspecified atom stereocenters. The van der Waals surface area contributed by atoms with Gasteiger partial charge < -0.3 is 5.11 Å². The van der Waals surface area contributed by atoms with Crippen molar-refractivity contribution in [3.63, 3.8) is 0 Å². The van der Waals surface area contributed by atoms with Crippen molar-refractivity contribution in [1.29, 1.82) is 0 Å². The van der Waals surface area contributed by atoms with Crippen molar-refractivity contribution in [1.82, 2.24) is 4.31 Å². The summed E-state index contributed by atoms with van der Waals surface area (Å²) in [6, 6.07) is 3.68. The highest BCUT2D eigenvalue weighted by Crippen LogP contribution is 2.27. The quantitative estimate of drug-likeness (QED) is 0.908. The fraction of sp³-hybridized carbons (Fsp3) is 0.600. The van der Waals surface area contributed by atoms with E-state index in [4.69, 9.17) is 5.11 Å². The smallest absolute Gasteiger partial charge is 0.245 e. The zero-order valence-corrected chi connectivity index (χ0v) is 13.1. The first kappa shape index (κ1) is 16.4. The van der Waals surface area contributed by atoms with Crippen LogP contribution in [0.4, 0.5) is 4.39 Å². The van der Waals surface area contributed by atoms with Crippen molar-refractivity contribution >= 4 is 10.0 Å². The predicted molar refractivity (Wildman–Crippen MR) is 78.7 cm³/mol. The van der Waals surface area contributed by atoms with Crippen LogP contribution < -0.4 is 0 Å². The van der Waals surface area contributed by atoms with Gasteiger partial charge in [0.05, 0.1) is 6.61 Å². The first-order valence-corrected chi connectivity index (χ1v) is 8.75. The lowest BCUT2D eigenvalue weighted by Crippen LogP contribution is -2.33. The molecule has 1 N–H and O–H groups in total. The van der Waals surface area contributed by atoms with E-state index in [-0.39, 0.29) is 11.5 Å². The maximum Gasteiger partial charge on any atom is 0.245 e. The topological polar surface area (TPSA) is 57.6 Å². The van der Waals surface area contributed by atoms with Gasteiger partial charge in [0.15, 0.2) is 0 Å². The van der Waals surface area contributed by atoms with E-state index < -0.39 is 15.8 Å². The van der Waals surface area contributed by atoms with Gasteiger partial charge in [-0.1, -0.05) is 25.3 Å². The first-order chi connectivity index (χ1) is 9.95. The summed E-state index contributed by atoms with van der Waals surface area (Å²) in [6.45, 7) is 0.111. The van der Waals surface area contributed by atoms with Gasteiger partial charge in [-0.3, -0.25) is 0 Å². The van der Waals surface area contributed by atoms with Gasteiger partial charge in [0.1, 0.15) is 10.7 Å². The normalized spacial score (nSPS) is 17.3. The molecule has 6 heteroatoms. The summed E-state index contributed by atoms with van der Waals surface area (Å²) >= 11 is 0. The molecule has 4 nitrogen and oxygen atoms in total. The highest BCUT2D eigenvalue weighted by molar-refractivity contribution is 7.89. The molecule has 1 saturated carbocycles. The molecular weight excluding hydrogens is 293 g/mol. The van der Waals surface area contributed by atoms with Crippen molar-refractivity contribution in [2.45, 2.75) is 43.6 Å². The molecule has 0 radical (unpaired) electrons. The maximum atomic E-state index is 13.9. The minimum Gasteiger partial charge on any atom is -0.392 e. The summed E-state index contributed by atoms with van der Waals surface area (Å²) in [5, 5.41) is 9.09.